The van der Waals surface area contributed by atoms with E-state index < -0.39 is 0 Å². The van der Waals surface area contributed by atoms with Crippen LogP contribution in [0.3, 0.4) is 0 Å². The molecule has 0 N–H and O–H groups in total. The fraction of sp³-hybridized carbons (Fsp3) is 0.143. The van der Waals surface area contributed by atoms with Gasteiger partial charge < -0.3 is 4.74 Å². The van der Waals surface area contributed by atoms with Gasteiger partial charge in [0.25, 0.3) is 0 Å². The fourth-order valence-electron chi connectivity index (χ4n) is 0.381. The summed E-state index contributed by atoms with van der Waals surface area (Å²) in [6.07, 6.45) is 5.16. The molecule has 0 atom stereocenters. The average Bonchev–Trinajstić information content (AvgIpc) is 1.88. The maximum Gasteiger partial charge on any atom is 0.119 e. The molecule has 0 fully saturated rings. The van der Waals surface area contributed by atoms with E-state index in [-0.39, 0.29) is 0 Å². The predicted octanol–water partition coefficient (Wildman–Crippen LogP) is 2.15. The fourth-order valence-corrected chi connectivity index (χ4v) is 0.528. The first-order valence-corrected chi connectivity index (χ1v) is 3.04. The van der Waals surface area contributed by atoms with Crippen LogP contribution in [0.25, 0.3) is 0 Å². The van der Waals surface area contributed by atoms with Crippen molar-refractivity contribution < 1.29 is 4.74 Å². The van der Waals surface area contributed by atoms with Crippen molar-refractivity contribution in [3.63, 3.8) is 0 Å². The third-order valence-electron chi connectivity index (χ3n) is 0.757. The number of thiol groups is 1. The number of ether oxygens (including phenoxy) is 1. The molecule has 0 saturated heterocycles. The molecule has 1 nitrogen and oxygen atoms in total. The minimum Gasteiger partial charge on any atom is -0.497 e. The lowest BCUT2D eigenvalue weighted by Gasteiger charge is -1.95. The van der Waals surface area contributed by atoms with Gasteiger partial charge in [-0.3, -0.25) is 0 Å². The molecule has 0 aliphatic heterocycles. The van der Waals surface area contributed by atoms with Gasteiger partial charge in [-0.15, -0.1) is 0 Å². The third-order valence-corrected chi connectivity index (χ3v) is 0.906. The van der Waals surface area contributed by atoms with Crippen LogP contribution in [-0.4, -0.2) is 7.11 Å². The second-order valence-electron chi connectivity index (χ2n) is 1.32. The molecule has 0 spiro atoms. The largest absolute Gasteiger partial charge is 0.497 e. The minimum absolute atomic E-state index is 0.750. The summed E-state index contributed by atoms with van der Waals surface area (Å²) < 4.78 is 4.89. The molecule has 0 aromatic carbocycles. The molecule has 0 radical (unpaired) electrons. The number of methoxy groups -OCH3 is 1. The molecule has 9 heavy (non-hydrogen) atoms. The third kappa shape index (κ3) is 3.91. The maximum atomic E-state index is 4.89. The minimum atomic E-state index is 0.750. The zero-order chi connectivity index (χ0) is 7.11. The van der Waals surface area contributed by atoms with Crippen LogP contribution >= 0.6 is 12.6 Å². The summed E-state index contributed by atoms with van der Waals surface area (Å²) in [7, 11) is 1.60. The highest BCUT2D eigenvalue weighted by atomic mass is 32.1. The Morgan fingerprint density at radius 2 is 2.33 bits per heavy atom. The van der Waals surface area contributed by atoms with Crippen LogP contribution in [0.4, 0.5) is 0 Å². The van der Waals surface area contributed by atoms with Crippen molar-refractivity contribution in [2.24, 2.45) is 0 Å². The molecular weight excluding hydrogens is 132 g/mol. The number of allylic oxidation sites excluding steroid dienone is 3. The van der Waals surface area contributed by atoms with Gasteiger partial charge >= 0.3 is 0 Å². The van der Waals surface area contributed by atoms with Crippen LogP contribution < -0.4 is 0 Å². The van der Waals surface area contributed by atoms with Crippen molar-refractivity contribution >= 4 is 12.6 Å². The second kappa shape index (κ2) is 5.51. The van der Waals surface area contributed by atoms with Gasteiger partial charge in [0, 0.05) is 0 Å². The molecule has 0 heterocycles. The smallest absolute Gasteiger partial charge is 0.119 e. The Hall–Kier alpha value is -0.630. The van der Waals surface area contributed by atoms with E-state index in [9.17, 15) is 0 Å². The van der Waals surface area contributed by atoms with Crippen molar-refractivity contribution in [1.82, 2.24) is 0 Å². The highest BCUT2D eigenvalue weighted by Gasteiger charge is 1.81. The van der Waals surface area contributed by atoms with E-state index in [0.717, 1.165) is 5.76 Å². The average molecular weight is 142 g/mol. The van der Waals surface area contributed by atoms with Gasteiger partial charge in [0.15, 0.2) is 0 Å². The van der Waals surface area contributed by atoms with E-state index in [1.165, 1.54) is 0 Å². The van der Waals surface area contributed by atoms with E-state index in [4.69, 9.17) is 4.74 Å². The van der Waals surface area contributed by atoms with Gasteiger partial charge in [0.05, 0.1) is 7.11 Å². The topological polar surface area (TPSA) is 9.23 Å². The lowest BCUT2D eigenvalue weighted by atomic mass is 10.4. The molecular formula is C7H10OS. The van der Waals surface area contributed by atoms with Gasteiger partial charge in [-0.1, -0.05) is 12.7 Å². The molecule has 2 heteroatoms. The van der Waals surface area contributed by atoms with Crippen LogP contribution in [0.2, 0.25) is 0 Å². The number of hydrogen-bond donors (Lipinski definition) is 1. The van der Waals surface area contributed by atoms with E-state index >= 15 is 0 Å². The Labute approximate surface area is 61.1 Å². The second-order valence-corrected chi connectivity index (χ2v) is 1.62. The SMILES string of the molecule is C=C/C=C(\C=C/S)OC. The highest BCUT2D eigenvalue weighted by molar-refractivity contribution is 7.83. The van der Waals surface area contributed by atoms with Crippen molar-refractivity contribution in [2.75, 3.05) is 7.11 Å². The van der Waals surface area contributed by atoms with Crippen LogP contribution in [0.15, 0.2) is 36.0 Å². The lowest BCUT2D eigenvalue weighted by molar-refractivity contribution is 0.307. The molecule has 50 valence electrons. The number of rotatable bonds is 3. The first-order valence-electron chi connectivity index (χ1n) is 2.52. The van der Waals surface area contributed by atoms with Crippen molar-refractivity contribution in [2.45, 2.75) is 0 Å². The van der Waals surface area contributed by atoms with Gasteiger partial charge in [-0.2, -0.15) is 12.6 Å². The van der Waals surface area contributed by atoms with Gasteiger partial charge in [0.2, 0.25) is 0 Å². The molecule has 0 unspecified atom stereocenters. The van der Waals surface area contributed by atoms with Crippen molar-refractivity contribution in [3.05, 3.63) is 36.0 Å². The molecule has 0 aliphatic carbocycles. The van der Waals surface area contributed by atoms with Crippen LogP contribution in [0.5, 0.6) is 0 Å². The molecule has 0 aromatic heterocycles. The molecule has 0 aromatic rings. The van der Waals surface area contributed by atoms with E-state index in [2.05, 4.69) is 19.2 Å². The zero-order valence-electron chi connectivity index (χ0n) is 5.37. The van der Waals surface area contributed by atoms with Crippen LogP contribution in [-0.2, 0) is 4.74 Å². The Bertz CT molecular complexity index is 136. The van der Waals surface area contributed by atoms with Crippen LogP contribution in [0, 0.1) is 0 Å². The monoisotopic (exact) mass is 142 g/mol. The standard InChI is InChI=1S/C7H10OS/c1-3-4-7(8-2)5-6-9/h3-6,9H,1H2,2H3/b6-5-,7-4+. The molecule has 0 amide bonds. The van der Waals surface area contributed by atoms with Gasteiger partial charge in [0.1, 0.15) is 5.76 Å². The maximum absolute atomic E-state index is 4.89. The summed E-state index contributed by atoms with van der Waals surface area (Å²) in [4.78, 5) is 0. The van der Waals surface area contributed by atoms with Crippen molar-refractivity contribution in [3.8, 4) is 0 Å². The summed E-state index contributed by atoms with van der Waals surface area (Å²) in [6, 6.07) is 0. The Balaban J connectivity index is 3.96. The normalized spacial score (nSPS) is 12.0. The Morgan fingerprint density at radius 1 is 1.67 bits per heavy atom. The quantitative estimate of drug-likeness (QED) is 0.361. The molecule has 0 saturated carbocycles. The van der Waals surface area contributed by atoms with E-state index in [0.29, 0.717) is 0 Å². The zero-order valence-corrected chi connectivity index (χ0v) is 6.27. The summed E-state index contributed by atoms with van der Waals surface area (Å²) in [5.41, 5.74) is 0. The Kier molecular flexibility index (Phi) is 5.12. The Morgan fingerprint density at radius 3 is 2.67 bits per heavy atom. The first kappa shape index (κ1) is 8.37. The van der Waals surface area contributed by atoms with E-state index in [1.807, 2.05) is 0 Å². The van der Waals surface area contributed by atoms with Crippen molar-refractivity contribution in [1.29, 1.82) is 0 Å². The van der Waals surface area contributed by atoms with E-state index in [1.54, 1.807) is 30.7 Å². The molecule has 0 bridgehead atoms. The predicted molar refractivity (Wildman–Crippen MR) is 43.4 cm³/mol. The summed E-state index contributed by atoms with van der Waals surface area (Å²) >= 11 is 3.87. The van der Waals surface area contributed by atoms with Gasteiger partial charge in [-0.25, -0.2) is 0 Å². The summed E-state index contributed by atoms with van der Waals surface area (Å²) in [5, 5.41) is 1.61. The number of hydrogen-bond acceptors (Lipinski definition) is 2. The molecule has 0 aliphatic rings. The lowest BCUT2D eigenvalue weighted by Crippen LogP contribution is -1.78. The summed E-state index contributed by atoms with van der Waals surface area (Å²) in [6.45, 7) is 3.52. The highest BCUT2D eigenvalue weighted by Crippen LogP contribution is 1.97. The first-order chi connectivity index (χ1) is 4.35. The summed E-state index contributed by atoms with van der Waals surface area (Å²) in [5.74, 6) is 0.750. The van der Waals surface area contributed by atoms with Gasteiger partial charge in [-0.05, 0) is 17.6 Å². The molecule has 0 rings (SSSR count). The van der Waals surface area contributed by atoms with Crippen LogP contribution in [0.1, 0.15) is 0 Å².